The number of halogens is 2. The van der Waals surface area contributed by atoms with Gasteiger partial charge in [0.15, 0.2) is 0 Å². The Balaban J connectivity index is 1.32. The molecule has 0 atom stereocenters. The number of anilines is 1. The zero-order chi connectivity index (χ0) is 32.0. The summed E-state index contributed by atoms with van der Waals surface area (Å²) in [5.41, 5.74) is 5.98. The number of rotatable bonds is 18. The summed E-state index contributed by atoms with van der Waals surface area (Å²) in [5.74, 6) is -1.76. The molecule has 0 fully saturated rings. The van der Waals surface area contributed by atoms with Gasteiger partial charge in [0.05, 0.1) is 6.61 Å². The van der Waals surface area contributed by atoms with Crippen molar-refractivity contribution >= 4 is 17.6 Å². The molecule has 4 rings (SSSR count). The molecular formula is C37H39F2NO5. The highest BCUT2D eigenvalue weighted by atomic mass is 19.1. The summed E-state index contributed by atoms with van der Waals surface area (Å²) in [6.07, 6.45) is 5.38. The Morgan fingerprint density at radius 1 is 0.644 bits per heavy atom. The van der Waals surface area contributed by atoms with Gasteiger partial charge < -0.3 is 20.3 Å². The SMILES string of the molecule is O=C(O)CCCOc1cccc(CCCCCCNc2cc(-c3cccc(F)c3)cc(-c3cccc(F)c3)c2)c1CCC(=O)O. The van der Waals surface area contributed by atoms with E-state index in [9.17, 15) is 23.5 Å². The number of hydrogen-bond acceptors (Lipinski definition) is 4. The minimum atomic E-state index is -0.876. The van der Waals surface area contributed by atoms with Gasteiger partial charge in [0.2, 0.25) is 0 Å². The lowest BCUT2D eigenvalue weighted by Crippen LogP contribution is -2.07. The monoisotopic (exact) mass is 615 g/mol. The molecule has 45 heavy (non-hydrogen) atoms. The molecule has 0 aromatic heterocycles. The van der Waals surface area contributed by atoms with E-state index < -0.39 is 11.9 Å². The maximum absolute atomic E-state index is 14.0. The van der Waals surface area contributed by atoms with E-state index in [-0.39, 0.29) is 31.1 Å². The number of aliphatic carboxylic acids is 2. The fourth-order valence-electron chi connectivity index (χ4n) is 5.33. The molecule has 4 aromatic rings. The minimum absolute atomic E-state index is 0.00446. The summed E-state index contributed by atoms with van der Waals surface area (Å²) in [6.45, 7) is 0.996. The van der Waals surface area contributed by atoms with E-state index in [1.165, 1.54) is 24.3 Å². The highest BCUT2D eigenvalue weighted by Crippen LogP contribution is 2.31. The summed E-state index contributed by atoms with van der Waals surface area (Å²) in [6, 6.07) is 24.5. The van der Waals surface area contributed by atoms with Crippen molar-refractivity contribution in [1.82, 2.24) is 0 Å². The molecule has 0 radical (unpaired) electrons. The van der Waals surface area contributed by atoms with Crippen molar-refractivity contribution < 1.29 is 33.3 Å². The molecule has 8 heteroatoms. The van der Waals surface area contributed by atoms with Crippen LogP contribution in [-0.2, 0) is 22.4 Å². The Morgan fingerprint density at radius 3 is 1.89 bits per heavy atom. The number of aryl methyl sites for hydroxylation is 1. The van der Waals surface area contributed by atoms with Crippen molar-refractivity contribution in [1.29, 1.82) is 0 Å². The van der Waals surface area contributed by atoms with Gasteiger partial charge in [0.1, 0.15) is 17.4 Å². The maximum atomic E-state index is 14.0. The van der Waals surface area contributed by atoms with Crippen molar-refractivity contribution in [2.75, 3.05) is 18.5 Å². The average Bonchev–Trinajstić information content (AvgIpc) is 3.02. The van der Waals surface area contributed by atoms with Crippen molar-refractivity contribution in [2.24, 2.45) is 0 Å². The minimum Gasteiger partial charge on any atom is -0.493 e. The normalized spacial score (nSPS) is 10.9. The van der Waals surface area contributed by atoms with Gasteiger partial charge in [-0.2, -0.15) is 0 Å². The predicted molar refractivity (Wildman–Crippen MR) is 173 cm³/mol. The third-order valence-electron chi connectivity index (χ3n) is 7.56. The molecule has 6 nitrogen and oxygen atoms in total. The highest BCUT2D eigenvalue weighted by molar-refractivity contribution is 5.78. The molecule has 0 aliphatic heterocycles. The molecule has 0 aliphatic carbocycles. The first kappa shape index (κ1) is 33.2. The Labute approximate surface area is 262 Å². The van der Waals surface area contributed by atoms with Crippen molar-refractivity contribution in [2.45, 2.75) is 57.8 Å². The number of carboxylic acid groups (broad SMARTS) is 2. The van der Waals surface area contributed by atoms with Crippen LogP contribution in [0.4, 0.5) is 14.5 Å². The molecule has 0 unspecified atom stereocenters. The van der Waals surface area contributed by atoms with E-state index in [1.54, 1.807) is 12.1 Å². The van der Waals surface area contributed by atoms with Crippen LogP contribution in [-0.4, -0.2) is 35.3 Å². The van der Waals surface area contributed by atoms with Crippen molar-refractivity contribution in [3.05, 3.63) is 108 Å². The standard InChI is InChI=1S/C37H39F2NO5/c38-31-13-5-11-27(22-31)29-21-30(28-12-6-14-32(39)23-28)25-33(24-29)40-19-4-2-1-3-9-26-10-7-15-35(34(26)17-18-37(43)44)45-20-8-16-36(41)42/h5-7,10-15,21-25,40H,1-4,8-9,16-20H2,(H,41,42)(H,43,44). The molecule has 4 aromatic carbocycles. The van der Waals surface area contributed by atoms with Crippen LogP contribution in [0, 0.1) is 11.6 Å². The second-order valence-electron chi connectivity index (χ2n) is 11.0. The van der Waals surface area contributed by atoms with Crippen LogP contribution >= 0.6 is 0 Å². The van der Waals surface area contributed by atoms with Crippen LogP contribution in [0.3, 0.4) is 0 Å². The molecule has 0 saturated carbocycles. The van der Waals surface area contributed by atoms with Gasteiger partial charge in [0.25, 0.3) is 0 Å². The topological polar surface area (TPSA) is 95.9 Å². The molecular weight excluding hydrogens is 576 g/mol. The first-order chi connectivity index (χ1) is 21.8. The molecule has 0 amide bonds. The van der Waals surface area contributed by atoms with E-state index >= 15 is 0 Å². The largest absolute Gasteiger partial charge is 0.493 e. The Morgan fingerprint density at radius 2 is 1.27 bits per heavy atom. The van der Waals surface area contributed by atoms with Gasteiger partial charge in [0, 0.05) is 25.1 Å². The van der Waals surface area contributed by atoms with Crippen LogP contribution in [0.25, 0.3) is 22.3 Å². The van der Waals surface area contributed by atoms with Crippen LogP contribution in [0.2, 0.25) is 0 Å². The summed E-state index contributed by atoms with van der Waals surface area (Å²) in [7, 11) is 0. The lowest BCUT2D eigenvalue weighted by atomic mass is 9.96. The Bertz CT molecular complexity index is 1530. The van der Waals surface area contributed by atoms with Gasteiger partial charge in [-0.05, 0) is 114 Å². The first-order valence-corrected chi connectivity index (χ1v) is 15.4. The number of carbonyl (C=O) groups is 2. The fourth-order valence-corrected chi connectivity index (χ4v) is 5.33. The lowest BCUT2D eigenvalue weighted by Gasteiger charge is -2.15. The molecule has 0 spiro atoms. The zero-order valence-corrected chi connectivity index (χ0v) is 25.2. The molecule has 0 heterocycles. The van der Waals surface area contributed by atoms with Crippen LogP contribution in [0.15, 0.2) is 84.9 Å². The second-order valence-corrected chi connectivity index (χ2v) is 11.0. The quantitative estimate of drug-likeness (QED) is 0.0969. The fraction of sp³-hybridized carbons (Fsp3) is 0.297. The number of ether oxygens (including phenoxy) is 1. The summed E-state index contributed by atoms with van der Waals surface area (Å²) < 4.78 is 33.8. The molecule has 0 aliphatic rings. The zero-order valence-electron chi connectivity index (χ0n) is 25.2. The van der Waals surface area contributed by atoms with E-state index in [0.29, 0.717) is 18.6 Å². The molecule has 0 saturated heterocycles. The van der Waals surface area contributed by atoms with E-state index in [1.807, 2.05) is 48.5 Å². The number of nitrogens with one attached hydrogen (secondary N) is 1. The second kappa shape index (κ2) is 16.9. The van der Waals surface area contributed by atoms with E-state index in [0.717, 1.165) is 77.7 Å². The van der Waals surface area contributed by atoms with Crippen LogP contribution in [0.5, 0.6) is 5.75 Å². The van der Waals surface area contributed by atoms with Crippen molar-refractivity contribution in [3.8, 4) is 28.0 Å². The van der Waals surface area contributed by atoms with E-state index in [2.05, 4.69) is 5.32 Å². The molecule has 0 bridgehead atoms. The van der Waals surface area contributed by atoms with E-state index in [4.69, 9.17) is 9.84 Å². The number of unbranched alkanes of at least 4 members (excludes halogenated alkanes) is 3. The smallest absolute Gasteiger partial charge is 0.303 e. The summed E-state index contributed by atoms with van der Waals surface area (Å²) in [4.78, 5) is 22.1. The van der Waals surface area contributed by atoms with Gasteiger partial charge in [-0.25, -0.2) is 8.78 Å². The Kier molecular flexibility index (Phi) is 12.5. The predicted octanol–water partition coefficient (Wildman–Crippen LogP) is 8.77. The number of benzene rings is 4. The van der Waals surface area contributed by atoms with Gasteiger partial charge in [-0.15, -0.1) is 0 Å². The number of hydrogen-bond donors (Lipinski definition) is 3. The van der Waals surface area contributed by atoms with Crippen LogP contribution in [0.1, 0.15) is 56.1 Å². The lowest BCUT2D eigenvalue weighted by molar-refractivity contribution is -0.138. The van der Waals surface area contributed by atoms with Gasteiger partial charge in [-0.3, -0.25) is 9.59 Å². The molecule has 3 N–H and O–H groups in total. The maximum Gasteiger partial charge on any atom is 0.303 e. The third kappa shape index (κ3) is 10.7. The van der Waals surface area contributed by atoms with Gasteiger partial charge in [-0.1, -0.05) is 49.2 Å². The summed E-state index contributed by atoms with van der Waals surface area (Å²) in [5, 5.41) is 21.6. The average molecular weight is 616 g/mol. The Hall–Kier alpha value is -4.72. The van der Waals surface area contributed by atoms with Crippen LogP contribution < -0.4 is 10.1 Å². The first-order valence-electron chi connectivity index (χ1n) is 15.4. The number of carboxylic acids is 2. The third-order valence-corrected chi connectivity index (χ3v) is 7.56. The summed E-state index contributed by atoms with van der Waals surface area (Å²) >= 11 is 0. The molecule has 236 valence electrons. The van der Waals surface area contributed by atoms with Crippen molar-refractivity contribution in [3.63, 3.8) is 0 Å². The highest BCUT2D eigenvalue weighted by Gasteiger charge is 2.12. The van der Waals surface area contributed by atoms with Gasteiger partial charge >= 0.3 is 11.9 Å².